The van der Waals surface area contributed by atoms with Gasteiger partial charge in [-0.15, -0.1) is 4.52 Å². The molecule has 0 saturated carbocycles. The maximum absolute atomic E-state index is 11.1. The van der Waals surface area contributed by atoms with E-state index >= 15 is 0 Å². The molecule has 0 N–H and O–H groups in total. The van der Waals surface area contributed by atoms with Gasteiger partial charge in [0.15, 0.2) is 0 Å². The quantitative estimate of drug-likeness (QED) is 0.382. The number of hydrogen-bond donors (Lipinski definition) is 0. The molecule has 0 amide bonds. The summed E-state index contributed by atoms with van der Waals surface area (Å²) in [5.74, 6) is 0. The zero-order valence-electron chi connectivity index (χ0n) is 8.29. The molecular weight excluding hydrogens is 191 g/mol. The average molecular weight is 209 g/mol. The van der Waals surface area contributed by atoms with Gasteiger partial charge in [0.05, 0.1) is 0 Å². The van der Waals surface area contributed by atoms with E-state index in [-0.39, 0.29) is 0 Å². The molecular formula is C7H18O3PSi+. The lowest BCUT2D eigenvalue weighted by Crippen LogP contribution is -2.21. The molecule has 3 nitrogen and oxygen atoms in total. The highest BCUT2D eigenvalue weighted by molar-refractivity contribution is 7.35. The standard InChI is InChI=1S/C7H18O3PSi/c1-5-6-7-9-11(8)10-12(2,3)4/h5-7H2,1-4H3/q+1. The predicted octanol–water partition coefficient (Wildman–Crippen LogP) is 3.31. The van der Waals surface area contributed by atoms with Crippen molar-refractivity contribution in [2.45, 2.75) is 39.4 Å². The van der Waals surface area contributed by atoms with Crippen LogP contribution in [0.3, 0.4) is 0 Å². The van der Waals surface area contributed by atoms with E-state index in [1.165, 1.54) is 0 Å². The van der Waals surface area contributed by atoms with Gasteiger partial charge in [-0.1, -0.05) is 13.3 Å². The molecule has 5 heteroatoms. The van der Waals surface area contributed by atoms with Crippen molar-refractivity contribution in [2.24, 2.45) is 0 Å². The second-order valence-electron chi connectivity index (χ2n) is 3.61. The Labute approximate surface area is 76.5 Å². The van der Waals surface area contributed by atoms with Crippen LogP contribution in [-0.4, -0.2) is 14.9 Å². The van der Waals surface area contributed by atoms with Gasteiger partial charge in [0.25, 0.3) is 8.32 Å². The fourth-order valence-corrected chi connectivity index (χ4v) is 2.81. The number of rotatable bonds is 6. The van der Waals surface area contributed by atoms with E-state index in [1.54, 1.807) is 0 Å². The Morgan fingerprint density at radius 1 is 1.33 bits per heavy atom. The minimum absolute atomic E-state index is 0.538. The van der Waals surface area contributed by atoms with Gasteiger partial charge in [0, 0.05) is 4.57 Å². The normalized spacial score (nSPS) is 13.2. The summed E-state index contributed by atoms with van der Waals surface area (Å²) in [6.45, 7) is 8.57. The summed E-state index contributed by atoms with van der Waals surface area (Å²) >= 11 is 0. The second kappa shape index (κ2) is 5.81. The molecule has 0 rings (SSSR count). The lowest BCUT2D eigenvalue weighted by molar-refractivity contribution is 0.280. The van der Waals surface area contributed by atoms with E-state index in [2.05, 4.69) is 6.92 Å². The van der Waals surface area contributed by atoms with Gasteiger partial charge >= 0.3 is 8.25 Å². The molecule has 0 aliphatic carbocycles. The van der Waals surface area contributed by atoms with E-state index in [0.29, 0.717) is 6.61 Å². The molecule has 0 aromatic carbocycles. The molecule has 0 fully saturated rings. The first-order valence-corrected chi connectivity index (χ1v) is 8.75. The zero-order chi connectivity index (χ0) is 9.61. The fraction of sp³-hybridized carbons (Fsp3) is 1.00. The molecule has 0 saturated heterocycles. The highest BCUT2D eigenvalue weighted by Gasteiger charge is 2.31. The van der Waals surface area contributed by atoms with Crippen LogP contribution in [0.4, 0.5) is 0 Å². The van der Waals surface area contributed by atoms with E-state index in [9.17, 15) is 4.57 Å². The smallest absolute Gasteiger partial charge is 0.176 e. The van der Waals surface area contributed by atoms with Crippen LogP contribution in [0.5, 0.6) is 0 Å². The van der Waals surface area contributed by atoms with Gasteiger partial charge in [-0.2, -0.15) is 4.21 Å². The molecule has 72 valence electrons. The summed E-state index contributed by atoms with van der Waals surface area (Å²) in [7, 11) is -3.56. The van der Waals surface area contributed by atoms with Gasteiger partial charge in [0.1, 0.15) is 6.61 Å². The third-order valence-electron chi connectivity index (χ3n) is 1.04. The number of unbranched alkanes of at least 4 members (excludes halogenated alkanes) is 1. The lowest BCUT2D eigenvalue weighted by atomic mass is 10.4. The fourth-order valence-electron chi connectivity index (χ4n) is 0.533. The second-order valence-corrected chi connectivity index (χ2v) is 9.27. The van der Waals surface area contributed by atoms with Crippen molar-refractivity contribution in [1.29, 1.82) is 0 Å². The molecule has 1 unspecified atom stereocenters. The van der Waals surface area contributed by atoms with Crippen LogP contribution in [-0.2, 0) is 13.3 Å². The molecule has 0 spiro atoms. The molecule has 0 aliphatic rings. The highest BCUT2D eigenvalue weighted by atomic mass is 31.1. The Bertz CT molecular complexity index is 144. The van der Waals surface area contributed by atoms with Gasteiger partial charge in [-0.25, -0.2) is 0 Å². The van der Waals surface area contributed by atoms with Gasteiger partial charge in [0.2, 0.25) is 0 Å². The monoisotopic (exact) mass is 209 g/mol. The Hall–Kier alpha value is 0.237. The zero-order valence-corrected chi connectivity index (χ0v) is 10.2. The minimum Gasteiger partial charge on any atom is -0.176 e. The highest BCUT2D eigenvalue weighted by Crippen LogP contribution is 2.29. The van der Waals surface area contributed by atoms with Crippen molar-refractivity contribution in [3.05, 3.63) is 0 Å². The molecule has 1 atom stereocenters. The Balaban J connectivity index is 3.47. The van der Waals surface area contributed by atoms with Crippen LogP contribution < -0.4 is 0 Å². The maximum atomic E-state index is 11.1. The first kappa shape index (κ1) is 12.2. The summed E-state index contributed by atoms with van der Waals surface area (Å²) in [4.78, 5) is 0. The maximum Gasteiger partial charge on any atom is 0.685 e. The molecule has 12 heavy (non-hydrogen) atoms. The molecule has 0 heterocycles. The predicted molar refractivity (Wildman–Crippen MR) is 52.9 cm³/mol. The van der Waals surface area contributed by atoms with Crippen molar-refractivity contribution in [2.75, 3.05) is 6.61 Å². The van der Waals surface area contributed by atoms with Crippen LogP contribution in [0.2, 0.25) is 19.6 Å². The third-order valence-corrected chi connectivity index (χ3v) is 4.22. The average Bonchev–Trinajstić information content (AvgIpc) is 1.84. The van der Waals surface area contributed by atoms with E-state index in [1.807, 2.05) is 19.6 Å². The molecule has 0 aromatic heterocycles. The Morgan fingerprint density at radius 2 is 1.92 bits per heavy atom. The van der Waals surface area contributed by atoms with E-state index in [0.717, 1.165) is 12.8 Å². The van der Waals surface area contributed by atoms with Crippen molar-refractivity contribution in [3.63, 3.8) is 0 Å². The first-order valence-electron chi connectivity index (χ1n) is 4.25. The Kier molecular flexibility index (Phi) is 5.92. The van der Waals surface area contributed by atoms with Gasteiger partial charge in [-0.3, -0.25) is 0 Å². The van der Waals surface area contributed by atoms with Crippen LogP contribution >= 0.6 is 8.25 Å². The van der Waals surface area contributed by atoms with Crippen LogP contribution in [0.15, 0.2) is 0 Å². The summed E-state index contributed by atoms with van der Waals surface area (Å²) in [5, 5.41) is 0. The summed E-state index contributed by atoms with van der Waals surface area (Å²) in [6.07, 6.45) is 1.99. The van der Waals surface area contributed by atoms with Crippen LogP contribution in [0.1, 0.15) is 19.8 Å². The van der Waals surface area contributed by atoms with Crippen molar-refractivity contribution >= 4 is 16.6 Å². The molecule has 0 bridgehead atoms. The summed E-state index contributed by atoms with van der Waals surface area (Å²) in [6, 6.07) is 0. The molecule has 0 radical (unpaired) electrons. The van der Waals surface area contributed by atoms with E-state index in [4.69, 9.17) is 8.74 Å². The van der Waals surface area contributed by atoms with E-state index < -0.39 is 16.6 Å². The largest absolute Gasteiger partial charge is 0.685 e. The minimum atomic E-state index is -1.87. The topological polar surface area (TPSA) is 35.5 Å². The van der Waals surface area contributed by atoms with Gasteiger partial charge in [-0.05, 0) is 26.1 Å². The van der Waals surface area contributed by atoms with Crippen LogP contribution in [0, 0.1) is 0 Å². The van der Waals surface area contributed by atoms with Crippen molar-refractivity contribution in [1.82, 2.24) is 0 Å². The molecule has 0 aromatic rings. The SMILES string of the molecule is CCCCO[P+](=O)O[Si](C)(C)C. The van der Waals surface area contributed by atoms with Crippen LogP contribution in [0.25, 0.3) is 0 Å². The lowest BCUT2D eigenvalue weighted by Gasteiger charge is -2.04. The summed E-state index contributed by atoms with van der Waals surface area (Å²) < 4.78 is 21.3. The van der Waals surface area contributed by atoms with Gasteiger partial charge < -0.3 is 0 Å². The third kappa shape index (κ3) is 8.33. The summed E-state index contributed by atoms with van der Waals surface area (Å²) in [5.41, 5.74) is 0. The Morgan fingerprint density at radius 3 is 2.33 bits per heavy atom. The van der Waals surface area contributed by atoms with Crippen molar-refractivity contribution < 1.29 is 13.3 Å². The van der Waals surface area contributed by atoms with Crippen molar-refractivity contribution in [3.8, 4) is 0 Å². The molecule has 0 aliphatic heterocycles. The number of hydrogen-bond acceptors (Lipinski definition) is 3. The first-order chi connectivity index (χ1) is 5.45.